The highest BCUT2D eigenvalue weighted by Crippen LogP contribution is 2.30. The van der Waals surface area contributed by atoms with Crippen molar-refractivity contribution in [1.29, 1.82) is 0 Å². The van der Waals surface area contributed by atoms with Crippen molar-refractivity contribution in [2.45, 2.75) is 25.7 Å². The standard InChI is InChI=1S/C15H15NO5S/c1-10-4-7-15(14(8-10)16(17)18)21-22(19,20)13-6-5-11(2)12(3)9-13/h4-9H,1-3H3. The van der Waals surface area contributed by atoms with Crippen LogP contribution in [0.4, 0.5) is 5.69 Å². The van der Waals surface area contributed by atoms with Crippen molar-refractivity contribution in [3.05, 3.63) is 63.2 Å². The number of hydrogen-bond donors (Lipinski definition) is 0. The third-order valence-corrected chi connectivity index (χ3v) is 4.51. The third-order valence-electron chi connectivity index (χ3n) is 3.28. The van der Waals surface area contributed by atoms with Gasteiger partial charge in [0.05, 0.1) is 4.92 Å². The van der Waals surface area contributed by atoms with Crippen molar-refractivity contribution in [3.63, 3.8) is 0 Å². The number of rotatable bonds is 4. The number of hydrogen-bond acceptors (Lipinski definition) is 5. The maximum atomic E-state index is 12.3. The molecule has 0 aromatic heterocycles. The number of nitro benzene ring substituents is 1. The van der Waals surface area contributed by atoms with Crippen LogP contribution < -0.4 is 4.18 Å². The van der Waals surface area contributed by atoms with Crippen molar-refractivity contribution in [2.75, 3.05) is 0 Å². The molecule has 0 fully saturated rings. The van der Waals surface area contributed by atoms with Gasteiger partial charge in [0, 0.05) is 6.07 Å². The molecule has 6 nitrogen and oxygen atoms in total. The van der Waals surface area contributed by atoms with Crippen molar-refractivity contribution >= 4 is 15.8 Å². The molecule has 116 valence electrons. The summed E-state index contributed by atoms with van der Waals surface area (Å²) in [5, 5.41) is 11.0. The Morgan fingerprint density at radius 2 is 1.68 bits per heavy atom. The first-order valence-corrected chi connectivity index (χ1v) is 7.88. The fraction of sp³-hybridized carbons (Fsp3) is 0.200. The molecule has 2 aromatic carbocycles. The van der Waals surface area contributed by atoms with Gasteiger partial charge in [-0.2, -0.15) is 8.42 Å². The summed E-state index contributed by atoms with van der Waals surface area (Å²) in [6, 6.07) is 8.66. The highest BCUT2D eigenvalue weighted by atomic mass is 32.2. The molecule has 0 radical (unpaired) electrons. The topological polar surface area (TPSA) is 86.5 Å². The molecule has 2 rings (SSSR count). The van der Waals surface area contributed by atoms with Crippen LogP contribution in [-0.2, 0) is 10.1 Å². The van der Waals surface area contributed by atoms with E-state index < -0.39 is 15.0 Å². The molecule has 0 bridgehead atoms. The second-order valence-corrected chi connectivity index (χ2v) is 6.56. The van der Waals surface area contributed by atoms with Gasteiger partial charge in [-0.25, -0.2) is 0 Å². The van der Waals surface area contributed by atoms with Crippen molar-refractivity contribution in [2.24, 2.45) is 0 Å². The first kappa shape index (κ1) is 16.0. The van der Waals surface area contributed by atoms with Crippen molar-refractivity contribution in [3.8, 4) is 5.75 Å². The minimum Gasteiger partial charge on any atom is -0.372 e. The summed E-state index contributed by atoms with van der Waals surface area (Å²) in [4.78, 5) is 10.3. The SMILES string of the molecule is Cc1ccc(OS(=O)(=O)c2ccc(C)c(C)c2)c([N+](=O)[O-])c1. The average molecular weight is 321 g/mol. The molecular weight excluding hydrogens is 306 g/mol. The van der Waals surface area contributed by atoms with E-state index in [4.69, 9.17) is 4.18 Å². The summed E-state index contributed by atoms with van der Waals surface area (Å²) in [7, 11) is -4.13. The van der Waals surface area contributed by atoms with E-state index in [0.717, 1.165) is 11.1 Å². The smallest absolute Gasteiger partial charge is 0.339 e. The van der Waals surface area contributed by atoms with Gasteiger partial charge in [-0.1, -0.05) is 12.1 Å². The molecule has 7 heteroatoms. The molecule has 0 spiro atoms. The maximum absolute atomic E-state index is 12.3. The lowest BCUT2D eigenvalue weighted by Crippen LogP contribution is -2.11. The molecular formula is C15H15NO5S. The summed E-state index contributed by atoms with van der Waals surface area (Å²) in [5.41, 5.74) is 2.00. The van der Waals surface area contributed by atoms with E-state index in [0.29, 0.717) is 5.56 Å². The highest BCUT2D eigenvalue weighted by Gasteiger charge is 2.23. The molecule has 0 unspecified atom stereocenters. The van der Waals surface area contributed by atoms with Crippen molar-refractivity contribution in [1.82, 2.24) is 0 Å². The Hall–Kier alpha value is -2.41. The van der Waals surface area contributed by atoms with Crippen LogP contribution in [-0.4, -0.2) is 13.3 Å². The Kier molecular flexibility index (Phi) is 4.18. The van der Waals surface area contributed by atoms with Crippen LogP contribution >= 0.6 is 0 Å². The normalized spacial score (nSPS) is 11.2. The van der Waals surface area contributed by atoms with Gasteiger partial charge in [0.2, 0.25) is 5.75 Å². The van der Waals surface area contributed by atoms with Crippen LogP contribution in [0.15, 0.2) is 41.3 Å². The Bertz CT molecular complexity index is 843. The van der Waals surface area contributed by atoms with Crippen LogP contribution in [0.3, 0.4) is 0 Å². The monoisotopic (exact) mass is 321 g/mol. The predicted octanol–water partition coefficient (Wildman–Crippen LogP) is 3.29. The molecule has 0 saturated carbocycles. The van der Waals surface area contributed by atoms with E-state index in [2.05, 4.69) is 0 Å². The Labute approximate surface area is 128 Å². The average Bonchev–Trinajstić information content (AvgIpc) is 2.43. The van der Waals surface area contributed by atoms with E-state index >= 15 is 0 Å². The van der Waals surface area contributed by atoms with Gasteiger partial charge in [0.1, 0.15) is 4.90 Å². The van der Waals surface area contributed by atoms with Crippen LogP contribution in [0.5, 0.6) is 5.75 Å². The molecule has 0 atom stereocenters. The lowest BCUT2D eigenvalue weighted by Gasteiger charge is -2.09. The summed E-state index contributed by atoms with van der Waals surface area (Å²) in [5.74, 6) is -0.297. The summed E-state index contributed by atoms with van der Waals surface area (Å²) >= 11 is 0. The molecule has 2 aromatic rings. The van der Waals surface area contributed by atoms with Gasteiger partial charge in [0.15, 0.2) is 0 Å². The minimum absolute atomic E-state index is 0.0366. The van der Waals surface area contributed by atoms with Crippen LogP contribution in [0.2, 0.25) is 0 Å². The zero-order valence-electron chi connectivity index (χ0n) is 12.4. The number of nitro groups is 1. The van der Waals surface area contributed by atoms with Gasteiger partial charge in [-0.05, 0) is 55.7 Å². The second-order valence-electron chi connectivity index (χ2n) is 5.01. The molecule has 0 heterocycles. The predicted molar refractivity (Wildman–Crippen MR) is 81.6 cm³/mol. The molecule has 0 amide bonds. The van der Waals surface area contributed by atoms with E-state index in [9.17, 15) is 18.5 Å². The zero-order valence-corrected chi connectivity index (χ0v) is 13.2. The quantitative estimate of drug-likeness (QED) is 0.490. The number of benzene rings is 2. The molecule has 0 aliphatic carbocycles. The van der Waals surface area contributed by atoms with Crippen molar-refractivity contribution < 1.29 is 17.5 Å². The van der Waals surface area contributed by atoms with Crippen LogP contribution in [0.25, 0.3) is 0 Å². The fourth-order valence-corrected chi connectivity index (χ4v) is 2.91. The molecule has 0 saturated heterocycles. The Balaban J connectivity index is 2.45. The first-order chi connectivity index (χ1) is 10.2. The number of aryl methyl sites for hydroxylation is 3. The molecule has 0 aliphatic rings. The molecule has 0 N–H and O–H groups in total. The highest BCUT2D eigenvalue weighted by molar-refractivity contribution is 7.87. The van der Waals surface area contributed by atoms with E-state index in [1.54, 1.807) is 26.0 Å². The van der Waals surface area contributed by atoms with Gasteiger partial charge < -0.3 is 4.18 Å². The maximum Gasteiger partial charge on any atom is 0.339 e. The van der Waals surface area contributed by atoms with Gasteiger partial charge in [0.25, 0.3) is 0 Å². The second kappa shape index (κ2) is 5.76. The largest absolute Gasteiger partial charge is 0.372 e. The molecule has 0 aliphatic heterocycles. The fourth-order valence-electron chi connectivity index (χ4n) is 1.88. The van der Waals surface area contributed by atoms with Gasteiger partial charge in [-0.15, -0.1) is 0 Å². The van der Waals surface area contributed by atoms with E-state index in [-0.39, 0.29) is 16.3 Å². The zero-order chi connectivity index (χ0) is 16.5. The van der Waals surface area contributed by atoms with E-state index in [1.165, 1.54) is 24.3 Å². The Morgan fingerprint density at radius 1 is 1.00 bits per heavy atom. The van der Waals surface area contributed by atoms with Crippen LogP contribution in [0.1, 0.15) is 16.7 Å². The van der Waals surface area contributed by atoms with Gasteiger partial charge >= 0.3 is 15.8 Å². The van der Waals surface area contributed by atoms with Crippen LogP contribution in [0, 0.1) is 30.9 Å². The third kappa shape index (κ3) is 3.25. The Morgan fingerprint density at radius 3 is 2.27 bits per heavy atom. The van der Waals surface area contributed by atoms with Gasteiger partial charge in [-0.3, -0.25) is 10.1 Å². The first-order valence-electron chi connectivity index (χ1n) is 6.47. The lowest BCUT2D eigenvalue weighted by molar-refractivity contribution is -0.385. The summed E-state index contributed by atoms with van der Waals surface area (Å²) in [6.07, 6.45) is 0. The summed E-state index contributed by atoms with van der Waals surface area (Å²) < 4.78 is 29.5. The number of nitrogens with zero attached hydrogens (tertiary/aromatic N) is 1. The molecule has 22 heavy (non-hydrogen) atoms. The minimum atomic E-state index is -4.13. The lowest BCUT2D eigenvalue weighted by atomic mass is 10.1. The summed E-state index contributed by atoms with van der Waals surface area (Å²) in [6.45, 7) is 5.31. The van der Waals surface area contributed by atoms with E-state index in [1.807, 2.05) is 6.92 Å².